The van der Waals surface area contributed by atoms with Crippen molar-refractivity contribution in [2.45, 2.75) is 37.3 Å². The summed E-state index contributed by atoms with van der Waals surface area (Å²) in [7, 11) is 4.01. The quantitative estimate of drug-likeness (QED) is 0.793. The summed E-state index contributed by atoms with van der Waals surface area (Å²) >= 11 is 0. The van der Waals surface area contributed by atoms with Crippen molar-refractivity contribution < 1.29 is 9.47 Å². The van der Waals surface area contributed by atoms with Crippen LogP contribution in [-0.4, -0.2) is 63.5 Å². The molecule has 2 fully saturated rings. The average Bonchev–Trinajstić information content (AvgIpc) is 2.72. The van der Waals surface area contributed by atoms with Crippen LogP contribution < -0.4 is 5.32 Å². The van der Waals surface area contributed by atoms with Gasteiger partial charge in [0.05, 0.1) is 6.61 Å². The molecule has 2 unspecified atom stereocenters. The van der Waals surface area contributed by atoms with E-state index < -0.39 is 0 Å². The van der Waals surface area contributed by atoms with Crippen LogP contribution in [0.1, 0.15) is 25.7 Å². The van der Waals surface area contributed by atoms with Crippen LogP contribution >= 0.6 is 0 Å². The number of rotatable bonds is 4. The minimum absolute atomic E-state index is 0.0712. The molecule has 4 heteroatoms. The van der Waals surface area contributed by atoms with E-state index >= 15 is 0 Å². The van der Waals surface area contributed by atoms with Crippen molar-refractivity contribution in [2.24, 2.45) is 0 Å². The van der Waals surface area contributed by atoms with Gasteiger partial charge in [-0.2, -0.15) is 0 Å². The van der Waals surface area contributed by atoms with E-state index in [-0.39, 0.29) is 5.60 Å². The molecule has 0 aliphatic carbocycles. The zero-order valence-corrected chi connectivity index (χ0v) is 11.2. The van der Waals surface area contributed by atoms with E-state index in [1.807, 2.05) is 0 Å². The lowest BCUT2D eigenvalue weighted by Gasteiger charge is -2.28. The lowest BCUT2D eigenvalue weighted by molar-refractivity contribution is -0.0177. The molecule has 0 aromatic heterocycles. The number of ether oxygens (including phenoxy) is 2. The summed E-state index contributed by atoms with van der Waals surface area (Å²) in [6.07, 6.45) is 4.84. The summed E-state index contributed by atoms with van der Waals surface area (Å²) in [6.45, 7) is 4.94. The summed E-state index contributed by atoms with van der Waals surface area (Å²) in [5.41, 5.74) is -0.0712. The fourth-order valence-corrected chi connectivity index (χ4v) is 2.74. The first-order valence-electron chi connectivity index (χ1n) is 6.79. The number of methoxy groups -OCH3 is 1. The molecule has 4 nitrogen and oxygen atoms in total. The Kier molecular flexibility index (Phi) is 4.79. The van der Waals surface area contributed by atoms with Crippen molar-refractivity contribution in [3.63, 3.8) is 0 Å². The lowest BCUT2D eigenvalue weighted by atomic mass is 10.0. The van der Waals surface area contributed by atoms with E-state index in [0.717, 1.165) is 26.2 Å². The second-order valence-corrected chi connectivity index (χ2v) is 5.50. The maximum Gasteiger partial charge on any atom is 0.106 e. The molecular weight excluding hydrogens is 216 g/mol. The van der Waals surface area contributed by atoms with Gasteiger partial charge in [-0.3, -0.25) is 0 Å². The van der Waals surface area contributed by atoms with E-state index in [2.05, 4.69) is 17.3 Å². The summed E-state index contributed by atoms with van der Waals surface area (Å²) in [5.74, 6) is 0. The van der Waals surface area contributed by atoms with Gasteiger partial charge in [0, 0.05) is 32.7 Å². The van der Waals surface area contributed by atoms with Crippen LogP contribution in [0.25, 0.3) is 0 Å². The standard InChI is InChI=1S/C13H26N2O2/c1-15-7-3-4-12(5-8-15)14-10-13(16-2)6-9-17-11-13/h12,14H,3-11H2,1-2H3. The predicted molar refractivity (Wildman–Crippen MR) is 68.3 cm³/mol. The number of hydrogen-bond acceptors (Lipinski definition) is 4. The maximum atomic E-state index is 5.64. The molecule has 0 spiro atoms. The number of likely N-dealkylation sites (tertiary alicyclic amines) is 1. The largest absolute Gasteiger partial charge is 0.378 e. The van der Waals surface area contributed by atoms with Crippen molar-refractivity contribution in [2.75, 3.05) is 47.0 Å². The monoisotopic (exact) mass is 242 g/mol. The Hall–Kier alpha value is -0.160. The SMILES string of the molecule is COC1(CNC2CCCN(C)CC2)CCOC1. The topological polar surface area (TPSA) is 33.7 Å². The Bertz CT molecular complexity index is 229. The third kappa shape index (κ3) is 3.65. The molecule has 2 aliphatic heterocycles. The van der Waals surface area contributed by atoms with Crippen molar-refractivity contribution in [1.82, 2.24) is 10.2 Å². The minimum atomic E-state index is -0.0712. The average molecular weight is 242 g/mol. The highest BCUT2D eigenvalue weighted by molar-refractivity contribution is 4.88. The normalized spacial score (nSPS) is 36.0. The molecule has 0 radical (unpaired) electrons. The smallest absolute Gasteiger partial charge is 0.106 e. The van der Waals surface area contributed by atoms with Gasteiger partial charge in [0.2, 0.25) is 0 Å². The van der Waals surface area contributed by atoms with Gasteiger partial charge in [0.25, 0.3) is 0 Å². The van der Waals surface area contributed by atoms with Crippen LogP contribution in [0.3, 0.4) is 0 Å². The van der Waals surface area contributed by atoms with Gasteiger partial charge in [0.15, 0.2) is 0 Å². The molecule has 2 aliphatic rings. The van der Waals surface area contributed by atoms with Crippen molar-refractivity contribution in [3.05, 3.63) is 0 Å². The molecule has 17 heavy (non-hydrogen) atoms. The van der Waals surface area contributed by atoms with E-state index in [0.29, 0.717) is 6.04 Å². The van der Waals surface area contributed by atoms with Gasteiger partial charge in [0.1, 0.15) is 5.60 Å². The van der Waals surface area contributed by atoms with Gasteiger partial charge in [-0.25, -0.2) is 0 Å². The van der Waals surface area contributed by atoms with Crippen LogP contribution in [-0.2, 0) is 9.47 Å². The molecule has 1 N–H and O–H groups in total. The van der Waals surface area contributed by atoms with Gasteiger partial charge in [-0.15, -0.1) is 0 Å². The number of nitrogens with zero attached hydrogens (tertiary/aromatic N) is 1. The highest BCUT2D eigenvalue weighted by Crippen LogP contribution is 2.22. The summed E-state index contributed by atoms with van der Waals surface area (Å²) < 4.78 is 11.1. The fourth-order valence-electron chi connectivity index (χ4n) is 2.74. The van der Waals surface area contributed by atoms with E-state index in [1.165, 1.54) is 32.4 Å². The first kappa shape index (κ1) is 13.3. The van der Waals surface area contributed by atoms with Gasteiger partial charge in [-0.1, -0.05) is 0 Å². The molecule has 0 aromatic carbocycles. The Morgan fingerprint density at radius 1 is 1.41 bits per heavy atom. The molecule has 0 aromatic rings. The Morgan fingerprint density at radius 3 is 3.00 bits per heavy atom. The fraction of sp³-hybridized carbons (Fsp3) is 1.00. The third-order valence-electron chi connectivity index (χ3n) is 4.16. The number of nitrogens with one attached hydrogen (secondary N) is 1. The van der Waals surface area contributed by atoms with Crippen LogP contribution in [0.4, 0.5) is 0 Å². The maximum absolute atomic E-state index is 5.64. The van der Waals surface area contributed by atoms with Crippen LogP contribution in [0.2, 0.25) is 0 Å². The van der Waals surface area contributed by atoms with E-state index in [9.17, 15) is 0 Å². The van der Waals surface area contributed by atoms with Gasteiger partial charge in [-0.05, 0) is 39.4 Å². The van der Waals surface area contributed by atoms with Crippen LogP contribution in [0, 0.1) is 0 Å². The first-order valence-corrected chi connectivity index (χ1v) is 6.79. The van der Waals surface area contributed by atoms with Gasteiger partial charge < -0.3 is 19.7 Å². The van der Waals surface area contributed by atoms with E-state index in [4.69, 9.17) is 9.47 Å². The molecular formula is C13H26N2O2. The van der Waals surface area contributed by atoms with Crippen molar-refractivity contribution in [3.8, 4) is 0 Å². The molecule has 2 rings (SSSR count). The molecule has 0 bridgehead atoms. The molecule has 0 saturated carbocycles. The molecule has 2 atom stereocenters. The van der Waals surface area contributed by atoms with Gasteiger partial charge >= 0.3 is 0 Å². The zero-order chi connectivity index (χ0) is 12.1. The predicted octanol–water partition coefficient (Wildman–Crippen LogP) is 0.866. The highest BCUT2D eigenvalue weighted by Gasteiger charge is 2.35. The van der Waals surface area contributed by atoms with Crippen LogP contribution in [0.15, 0.2) is 0 Å². The zero-order valence-electron chi connectivity index (χ0n) is 11.2. The Morgan fingerprint density at radius 2 is 2.29 bits per heavy atom. The summed E-state index contributed by atoms with van der Waals surface area (Å²) in [4.78, 5) is 2.42. The third-order valence-corrected chi connectivity index (χ3v) is 4.16. The lowest BCUT2D eigenvalue weighted by Crippen LogP contribution is -2.46. The highest BCUT2D eigenvalue weighted by atomic mass is 16.5. The Labute approximate surface area is 105 Å². The second-order valence-electron chi connectivity index (χ2n) is 5.50. The molecule has 2 saturated heterocycles. The minimum Gasteiger partial charge on any atom is -0.378 e. The first-order chi connectivity index (χ1) is 8.24. The Balaban J connectivity index is 1.76. The van der Waals surface area contributed by atoms with Crippen molar-refractivity contribution in [1.29, 1.82) is 0 Å². The van der Waals surface area contributed by atoms with E-state index in [1.54, 1.807) is 7.11 Å². The number of hydrogen-bond donors (Lipinski definition) is 1. The molecule has 0 amide bonds. The van der Waals surface area contributed by atoms with Crippen LogP contribution in [0.5, 0.6) is 0 Å². The summed E-state index contributed by atoms with van der Waals surface area (Å²) in [5, 5.41) is 3.68. The molecule has 100 valence electrons. The second kappa shape index (κ2) is 6.14. The van der Waals surface area contributed by atoms with Crippen molar-refractivity contribution >= 4 is 0 Å². The molecule has 2 heterocycles. The summed E-state index contributed by atoms with van der Waals surface area (Å²) in [6, 6.07) is 0.646.